The summed E-state index contributed by atoms with van der Waals surface area (Å²) in [4.78, 5) is 12.8. The lowest BCUT2D eigenvalue weighted by atomic mass is 10.1. The quantitative estimate of drug-likeness (QED) is 0.795. The van der Waals surface area contributed by atoms with E-state index >= 15 is 0 Å². The highest BCUT2D eigenvalue weighted by Crippen LogP contribution is 2.37. The number of ether oxygens (including phenoxy) is 1. The fraction of sp³-hybridized carbons (Fsp3) is 0.235. The van der Waals surface area contributed by atoms with E-state index in [9.17, 15) is 9.18 Å². The lowest BCUT2D eigenvalue weighted by molar-refractivity contribution is 0.101. The summed E-state index contributed by atoms with van der Waals surface area (Å²) in [5, 5.41) is 0.297. The van der Waals surface area contributed by atoms with Gasteiger partial charge in [-0.3, -0.25) is 4.79 Å². The summed E-state index contributed by atoms with van der Waals surface area (Å²) in [6.45, 7) is 1.92. The van der Waals surface area contributed by atoms with Gasteiger partial charge in [0.2, 0.25) is 0 Å². The largest absolute Gasteiger partial charge is 0.492 e. The highest BCUT2D eigenvalue weighted by atomic mass is 32.2. The molecular formula is C17H15FO2S. The molecule has 0 fully saturated rings. The smallest absolute Gasteiger partial charge is 0.163 e. The van der Waals surface area contributed by atoms with Crippen LogP contribution in [0.4, 0.5) is 4.39 Å². The average molecular weight is 302 g/mol. The first kappa shape index (κ1) is 14.1. The number of ketones is 1. The minimum absolute atomic E-state index is 0.118. The molecule has 0 radical (unpaired) electrons. The van der Waals surface area contributed by atoms with Crippen LogP contribution >= 0.6 is 11.8 Å². The normalized spacial score (nSPS) is 16.6. The number of fused-ring (bicyclic) bond motifs is 1. The molecule has 1 aliphatic heterocycles. The number of hydrogen-bond acceptors (Lipinski definition) is 3. The van der Waals surface area contributed by atoms with Gasteiger partial charge in [-0.05, 0) is 37.1 Å². The minimum atomic E-state index is -0.391. The van der Waals surface area contributed by atoms with Crippen molar-refractivity contribution in [2.75, 3.05) is 6.61 Å². The fourth-order valence-corrected chi connectivity index (χ4v) is 3.65. The second-order valence-electron chi connectivity index (χ2n) is 5.06. The first-order valence-corrected chi connectivity index (χ1v) is 7.69. The summed E-state index contributed by atoms with van der Waals surface area (Å²) in [5.41, 5.74) is 1.75. The fourth-order valence-electron chi connectivity index (χ4n) is 2.44. The zero-order valence-electron chi connectivity index (χ0n) is 11.6. The van der Waals surface area contributed by atoms with Crippen molar-refractivity contribution < 1.29 is 13.9 Å². The molecule has 0 amide bonds. The van der Waals surface area contributed by atoms with Gasteiger partial charge in [-0.1, -0.05) is 18.2 Å². The number of rotatable bonds is 4. The van der Waals surface area contributed by atoms with Crippen molar-refractivity contribution in [1.29, 1.82) is 0 Å². The van der Waals surface area contributed by atoms with Gasteiger partial charge in [0.05, 0.1) is 5.56 Å². The van der Waals surface area contributed by atoms with Crippen molar-refractivity contribution in [1.82, 2.24) is 0 Å². The molecule has 1 unspecified atom stereocenters. The van der Waals surface area contributed by atoms with E-state index in [1.807, 2.05) is 12.1 Å². The summed E-state index contributed by atoms with van der Waals surface area (Å²) in [6, 6.07) is 12.3. The van der Waals surface area contributed by atoms with Crippen LogP contribution < -0.4 is 4.74 Å². The van der Waals surface area contributed by atoms with Crippen LogP contribution in [0.1, 0.15) is 22.8 Å². The van der Waals surface area contributed by atoms with Gasteiger partial charge in [0.15, 0.2) is 5.78 Å². The molecule has 0 aliphatic carbocycles. The monoisotopic (exact) mass is 302 g/mol. The third-order valence-corrected chi connectivity index (χ3v) is 4.75. The molecule has 108 valence electrons. The summed E-state index contributed by atoms with van der Waals surface area (Å²) in [7, 11) is 0. The van der Waals surface area contributed by atoms with Crippen LogP contribution in [0, 0.1) is 5.82 Å². The Labute approximate surface area is 127 Å². The second-order valence-corrected chi connectivity index (χ2v) is 6.40. The van der Waals surface area contributed by atoms with Crippen molar-refractivity contribution in [2.45, 2.75) is 23.5 Å². The molecule has 1 aliphatic rings. The summed E-state index contributed by atoms with van der Waals surface area (Å²) >= 11 is 1.77. The van der Waals surface area contributed by atoms with Crippen LogP contribution in [0.3, 0.4) is 0 Å². The van der Waals surface area contributed by atoms with Gasteiger partial charge in [0.1, 0.15) is 18.2 Å². The van der Waals surface area contributed by atoms with Crippen molar-refractivity contribution in [3.63, 3.8) is 0 Å². The SMILES string of the molecule is CC(=O)c1ccc(F)cc1OCC1Cc2ccccc2S1. The number of carbonyl (C=O) groups is 1. The van der Waals surface area contributed by atoms with Gasteiger partial charge >= 0.3 is 0 Å². The molecule has 0 N–H and O–H groups in total. The second kappa shape index (κ2) is 5.90. The summed E-state index contributed by atoms with van der Waals surface area (Å²) < 4.78 is 19.0. The molecule has 0 saturated heterocycles. The Hall–Kier alpha value is -1.81. The van der Waals surface area contributed by atoms with Crippen LogP contribution in [-0.4, -0.2) is 17.6 Å². The molecule has 21 heavy (non-hydrogen) atoms. The van der Waals surface area contributed by atoms with Crippen molar-refractivity contribution in [3.8, 4) is 5.75 Å². The van der Waals surface area contributed by atoms with E-state index in [-0.39, 0.29) is 5.78 Å². The van der Waals surface area contributed by atoms with Crippen molar-refractivity contribution in [3.05, 3.63) is 59.4 Å². The molecule has 4 heteroatoms. The van der Waals surface area contributed by atoms with Gasteiger partial charge in [-0.15, -0.1) is 11.8 Å². The van der Waals surface area contributed by atoms with Crippen molar-refractivity contribution in [2.24, 2.45) is 0 Å². The number of carbonyl (C=O) groups excluding carboxylic acids is 1. The molecule has 1 heterocycles. The van der Waals surface area contributed by atoms with E-state index < -0.39 is 5.82 Å². The standard InChI is InChI=1S/C17H15FO2S/c1-11(19)15-7-6-13(18)9-16(15)20-10-14-8-12-4-2-3-5-17(12)21-14/h2-7,9,14H,8,10H2,1H3. The Morgan fingerprint density at radius 1 is 1.33 bits per heavy atom. The van der Waals surface area contributed by atoms with Gasteiger partial charge in [0, 0.05) is 16.2 Å². The van der Waals surface area contributed by atoms with Crippen LogP contribution in [0.5, 0.6) is 5.75 Å². The Morgan fingerprint density at radius 2 is 2.14 bits per heavy atom. The lowest BCUT2D eigenvalue weighted by Crippen LogP contribution is -2.15. The van der Waals surface area contributed by atoms with Gasteiger partial charge < -0.3 is 4.74 Å². The third-order valence-electron chi connectivity index (χ3n) is 3.46. The topological polar surface area (TPSA) is 26.3 Å². The molecule has 2 nitrogen and oxygen atoms in total. The maximum atomic E-state index is 13.3. The van der Waals surface area contributed by atoms with Crippen LogP contribution in [0.2, 0.25) is 0 Å². The molecule has 3 rings (SSSR count). The predicted octanol–water partition coefficient (Wildman–Crippen LogP) is 4.12. The Morgan fingerprint density at radius 3 is 2.90 bits per heavy atom. The molecule has 2 aromatic rings. The van der Waals surface area contributed by atoms with Crippen molar-refractivity contribution >= 4 is 17.5 Å². The molecule has 0 bridgehead atoms. The minimum Gasteiger partial charge on any atom is -0.492 e. The van der Waals surface area contributed by atoms with Gasteiger partial charge in [-0.25, -0.2) is 4.39 Å². The molecule has 0 aromatic heterocycles. The number of benzene rings is 2. The van der Waals surface area contributed by atoms with E-state index in [0.29, 0.717) is 23.2 Å². The molecule has 0 saturated carbocycles. The molecule has 1 atom stereocenters. The van der Waals surface area contributed by atoms with Crippen LogP contribution in [-0.2, 0) is 6.42 Å². The van der Waals surface area contributed by atoms with Crippen LogP contribution in [0.15, 0.2) is 47.4 Å². The zero-order chi connectivity index (χ0) is 14.8. The van der Waals surface area contributed by atoms with Gasteiger partial charge in [-0.2, -0.15) is 0 Å². The zero-order valence-corrected chi connectivity index (χ0v) is 12.5. The highest BCUT2D eigenvalue weighted by Gasteiger charge is 2.23. The number of halogens is 1. The van der Waals surface area contributed by atoms with E-state index in [1.54, 1.807) is 11.8 Å². The number of thioether (sulfide) groups is 1. The lowest BCUT2D eigenvalue weighted by Gasteiger charge is -2.13. The first-order chi connectivity index (χ1) is 10.1. The first-order valence-electron chi connectivity index (χ1n) is 6.81. The van der Waals surface area contributed by atoms with Crippen LogP contribution in [0.25, 0.3) is 0 Å². The van der Waals surface area contributed by atoms with E-state index in [2.05, 4.69) is 12.1 Å². The predicted molar refractivity (Wildman–Crippen MR) is 81.7 cm³/mol. The highest BCUT2D eigenvalue weighted by molar-refractivity contribution is 8.00. The maximum Gasteiger partial charge on any atom is 0.163 e. The summed E-state index contributed by atoms with van der Waals surface area (Å²) in [5.74, 6) is -0.177. The molecular weight excluding hydrogens is 287 g/mol. The molecule has 0 spiro atoms. The third kappa shape index (κ3) is 3.10. The van der Waals surface area contributed by atoms with E-state index in [4.69, 9.17) is 4.74 Å². The maximum absolute atomic E-state index is 13.3. The van der Waals surface area contributed by atoms with E-state index in [1.165, 1.54) is 35.6 Å². The van der Waals surface area contributed by atoms with Gasteiger partial charge in [0.25, 0.3) is 0 Å². The van der Waals surface area contributed by atoms with E-state index in [0.717, 1.165) is 6.42 Å². The molecule has 2 aromatic carbocycles. The summed E-state index contributed by atoms with van der Waals surface area (Å²) in [6.07, 6.45) is 0.936. The number of Topliss-reactive ketones (excluding diaryl/α,β-unsaturated/α-hetero) is 1. The Balaban J connectivity index is 1.69. The Bertz CT molecular complexity index is 659. The average Bonchev–Trinajstić information content (AvgIpc) is 2.87. The Kier molecular flexibility index (Phi) is 3.97. The number of hydrogen-bond donors (Lipinski definition) is 0.